The Hall–Kier alpha value is -1.16. The molecule has 0 aromatic carbocycles. The molecule has 290 valence electrons. The van der Waals surface area contributed by atoms with Gasteiger partial charge in [0.2, 0.25) is 10.4 Å². The summed E-state index contributed by atoms with van der Waals surface area (Å²) in [6.07, 6.45) is -16.6. The van der Waals surface area contributed by atoms with Crippen LogP contribution in [-0.4, -0.2) is 96.3 Å². The molecule has 0 aliphatic carbocycles. The van der Waals surface area contributed by atoms with Crippen LogP contribution in [0.3, 0.4) is 0 Å². The van der Waals surface area contributed by atoms with Gasteiger partial charge in [0.05, 0.1) is 0 Å². The maximum Gasteiger partial charge on any atom is 1.00 e. The molecule has 0 aliphatic rings. The summed E-state index contributed by atoms with van der Waals surface area (Å²) < 4.78 is 415. The number of alkyl halides is 29. The van der Waals surface area contributed by atoms with Crippen LogP contribution in [-0.2, 0) is 14.6 Å². The minimum Gasteiger partial charge on any atom is -0.725 e. The van der Waals surface area contributed by atoms with Crippen LogP contribution in [0.1, 0.15) is 0 Å². The van der Waals surface area contributed by atoms with Crippen molar-refractivity contribution >= 4 is 10.4 Å². The van der Waals surface area contributed by atoms with E-state index in [1.807, 2.05) is 0 Å². The summed E-state index contributed by atoms with van der Waals surface area (Å²) in [6.45, 7) is 0. The minimum absolute atomic E-state index is 0. The van der Waals surface area contributed by atoms with Crippen LogP contribution >= 0.6 is 0 Å². The largest absolute Gasteiger partial charge is 1.00 e. The predicted molar refractivity (Wildman–Crippen MR) is 81.1 cm³/mol. The second kappa shape index (κ2) is 12.2. The van der Waals surface area contributed by atoms with E-state index in [-0.39, 0.29) is 29.6 Å². The Morgan fingerprint density at radius 1 is 0.306 bits per heavy atom. The third kappa shape index (κ3) is 6.34. The van der Waals surface area contributed by atoms with E-state index in [0.29, 0.717) is 0 Å². The van der Waals surface area contributed by atoms with Gasteiger partial charge in [-0.15, -0.1) is 0 Å². The fourth-order valence-electron chi connectivity index (χ4n) is 2.51. The molecule has 0 aromatic rings. The van der Waals surface area contributed by atoms with Gasteiger partial charge in [0, 0.05) is 0 Å². The smallest absolute Gasteiger partial charge is 0.725 e. The Morgan fingerprint density at radius 3 is 0.592 bits per heavy atom. The van der Waals surface area contributed by atoms with Crippen molar-refractivity contribution in [3.05, 3.63) is 0 Å². The van der Waals surface area contributed by atoms with Gasteiger partial charge in [-0.05, 0) is 0 Å². The SMILES string of the molecule is O=S(=O)([O-])OC(F)(F)C(F)(F)C(F)(F)C(F)(F)C(F)(F)C(F)(F)C(F)(F)C(F)(F)C(F)(F)C(F)(F)C(F)(F)C(F)(F)C(F)(F)C(F)(F)F.[Na+]. The first-order chi connectivity index (χ1) is 20.0. The molecule has 0 atom stereocenters. The molecule has 0 saturated carbocycles. The molecule has 35 heteroatoms. The summed E-state index contributed by atoms with van der Waals surface area (Å²) in [7, 11) is -7.64. The molecule has 0 saturated heterocycles. The first-order valence-corrected chi connectivity index (χ1v) is 10.9. The van der Waals surface area contributed by atoms with Crippen molar-refractivity contribution in [2.45, 2.75) is 83.4 Å². The number of halogens is 29. The standard InChI is InChI=1S/C14HF29O4S.Na/c15-1(16,3(19,20)5(23,24)7(27,28)9(31,32)11(35,36)13(39,40)41)2(17,18)4(21,22)6(25,26)8(29,30)10(33,34)12(37,38)14(42,43)47-48(44,45)46;/h(H,44,45,46);/q;+1/p-1. The second-order valence-electron chi connectivity index (χ2n) is 8.40. The van der Waals surface area contributed by atoms with Crippen LogP contribution in [0.2, 0.25) is 0 Å². The Kier molecular flexibility index (Phi) is 12.4. The van der Waals surface area contributed by atoms with E-state index in [4.69, 9.17) is 0 Å². The fourth-order valence-corrected chi connectivity index (χ4v) is 2.87. The quantitative estimate of drug-likeness (QED) is 0.104. The normalized spacial score (nSPS) is 16.9. The maximum atomic E-state index is 13.7. The van der Waals surface area contributed by atoms with Gasteiger partial charge in [0.1, 0.15) is 0 Å². The fraction of sp³-hybridized carbons (Fsp3) is 1.00. The second-order valence-corrected chi connectivity index (χ2v) is 9.38. The van der Waals surface area contributed by atoms with Gasteiger partial charge in [-0.3, -0.25) is 0 Å². The third-order valence-electron chi connectivity index (χ3n) is 5.27. The Balaban J connectivity index is 0. The zero-order valence-corrected chi connectivity index (χ0v) is 23.8. The molecule has 49 heavy (non-hydrogen) atoms. The number of hydrogen-bond donors (Lipinski definition) is 0. The van der Waals surface area contributed by atoms with Crippen molar-refractivity contribution in [3.63, 3.8) is 0 Å². The van der Waals surface area contributed by atoms with Crippen molar-refractivity contribution < 1.29 is 174 Å². The summed E-state index contributed by atoms with van der Waals surface area (Å²) in [6, 6.07) is 0. The molecule has 0 N–H and O–H groups in total. The summed E-state index contributed by atoms with van der Waals surface area (Å²) in [5.41, 5.74) is 0. The monoisotopic (exact) mass is 838 g/mol. The summed E-state index contributed by atoms with van der Waals surface area (Å²) in [5.74, 6) is -116. The molecule has 0 radical (unpaired) electrons. The molecule has 0 heterocycles. The molecule has 0 rings (SSSR count). The van der Waals surface area contributed by atoms with Crippen LogP contribution in [0, 0.1) is 0 Å². The molecular weight excluding hydrogens is 838 g/mol. The maximum absolute atomic E-state index is 13.7. The number of hydrogen-bond acceptors (Lipinski definition) is 4. The summed E-state index contributed by atoms with van der Waals surface area (Å²) in [5, 5.41) is 0. The first-order valence-electron chi connectivity index (χ1n) is 9.60. The summed E-state index contributed by atoms with van der Waals surface area (Å²) >= 11 is 0. The van der Waals surface area contributed by atoms with Crippen molar-refractivity contribution in [2.24, 2.45) is 0 Å². The molecular formula is C14F29NaO4S. The van der Waals surface area contributed by atoms with Crippen LogP contribution < -0.4 is 29.6 Å². The average Bonchev–Trinajstić information content (AvgIpc) is 2.80. The molecule has 0 aromatic heterocycles. The molecule has 0 unspecified atom stereocenters. The Bertz CT molecular complexity index is 1310. The molecule has 0 fully saturated rings. The van der Waals surface area contributed by atoms with Gasteiger partial charge in [-0.25, -0.2) is 12.6 Å². The van der Waals surface area contributed by atoms with Gasteiger partial charge in [-0.1, -0.05) is 0 Å². The van der Waals surface area contributed by atoms with Crippen LogP contribution in [0.15, 0.2) is 0 Å². The van der Waals surface area contributed by atoms with Gasteiger partial charge in [-0.2, -0.15) is 127 Å². The molecule has 0 amide bonds. The average molecular weight is 838 g/mol. The van der Waals surface area contributed by atoms with E-state index < -0.39 is 93.8 Å². The summed E-state index contributed by atoms with van der Waals surface area (Å²) in [4.78, 5) is 0. The third-order valence-corrected chi connectivity index (χ3v) is 5.68. The molecule has 0 spiro atoms. The van der Waals surface area contributed by atoms with E-state index in [9.17, 15) is 140 Å². The van der Waals surface area contributed by atoms with Gasteiger partial charge in [0.25, 0.3) is 0 Å². The molecule has 0 aliphatic heterocycles. The van der Waals surface area contributed by atoms with E-state index >= 15 is 0 Å². The van der Waals surface area contributed by atoms with Crippen molar-refractivity contribution in [2.75, 3.05) is 0 Å². The Labute approximate surface area is 268 Å². The Morgan fingerprint density at radius 2 is 0.449 bits per heavy atom. The van der Waals surface area contributed by atoms with E-state index in [2.05, 4.69) is 0 Å². The zero-order valence-electron chi connectivity index (χ0n) is 21.0. The predicted octanol–water partition coefficient (Wildman–Crippen LogP) is 5.25. The minimum atomic E-state index is -10.1. The van der Waals surface area contributed by atoms with Gasteiger partial charge < -0.3 is 4.55 Å². The number of rotatable bonds is 14. The van der Waals surface area contributed by atoms with E-state index in [1.165, 1.54) is 4.18 Å². The first kappa shape index (κ1) is 50.0. The van der Waals surface area contributed by atoms with E-state index in [0.717, 1.165) is 0 Å². The van der Waals surface area contributed by atoms with Crippen molar-refractivity contribution in [1.29, 1.82) is 0 Å². The molecule has 4 nitrogen and oxygen atoms in total. The molecule has 0 bridgehead atoms. The zero-order chi connectivity index (χ0) is 40.2. The van der Waals surface area contributed by atoms with E-state index in [1.54, 1.807) is 0 Å². The van der Waals surface area contributed by atoms with Crippen LogP contribution in [0.25, 0.3) is 0 Å². The van der Waals surface area contributed by atoms with Crippen molar-refractivity contribution in [3.8, 4) is 0 Å². The topological polar surface area (TPSA) is 66.4 Å². The van der Waals surface area contributed by atoms with Gasteiger partial charge in [0.15, 0.2) is 0 Å². The van der Waals surface area contributed by atoms with Crippen LogP contribution in [0.5, 0.6) is 0 Å². The van der Waals surface area contributed by atoms with Crippen LogP contribution in [0.4, 0.5) is 127 Å². The van der Waals surface area contributed by atoms with Crippen molar-refractivity contribution in [1.82, 2.24) is 0 Å². The van der Waals surface area contributed by atoms with Gasteiger partial charge >= 0.3 is 113 Å².